The molecule has 0 aromatic carbocycles. The first kappa shape index (κ1) is 18.0. The maximum atomic E-state index is 12.8. The molecule has 0 saturated heterocycles. The second-order valence-corrected chi connectivity index (χ2v) is 6.54. The Hall–Kier alpha value is -2.84. The summed E-state index contributed by atoms with van der Waals surface area (Å²) in [5.41, 5.74) is 0.187. The highest BCUT2D eigenvalue weighted by molar-refractivity contribution is 7.13. The van der Waals surface area contributed by atoms with Gasteiger partial charge in [0.25, 0.3) is 11.5 Å². The second kappa shape index (κ2) is 8.03. The zero-order valence-corrected chi connectivity index (χ0v) is 15.2. The number of aromatic amines is 1. The predicted molar refractivity (Wildman–Crippen MR) is 99.1 cm³/mol. The first-order chi connectivity index (χ1) is 12.6. The van der Waals surface area contributed by atoms with Crippen molar-refractivity contribution in [2.24, 2.45) is 0 Å². The summed E-state index contributed by atoms with van der Waals surface area (Å²) >= 11 is 1.46. The van der Waals surface area contributed by atoms with Crippen molar-refractivity contribution in [1.82, 2.24) is 19.9 Å². The zero-order valence-electron chi connectivity index (χ0n) is 14.4. The smallest absolute Gasteiger partial charge is 0.264 e. The number of ether oxygens (including phenoxy) is 1. The topological polar surface area (TPSA) is 88.2 Å². The van der Waals surface area contributed by atoms with Crippen molar-refractivity contribution in [2.75, 3.05) is 20.8 Å². The Labute approximate surface area is 154 Å². The maximum Gasteiger partial charge on any atom is 0.264 e. The summed E-state index contributed by atoms with van der Waals surface area (Å²) in [5, 5.41) is 1.89. The Balaban J connectivity index is 1.88. The minimum atomic E-state index is -0.475. The van der Waals surface area contributed by atoms with Gasteiger partial charge < -0.3 is 14.6 Å². The Bertz CT molecular complexity index is 925. The number of pyridine rings is 1. The van der Waals surface area contributed by atoms with Gasteiger partial charge in [-0.1, -0.05) is 12.1 Å². The Morgan fingerprint density at radius 3 is 2.77 bits per heavy atom. The summed E-state index contributed by atoms with van der Waals surface area (Å²) in [4.78, 5) is 38.7. The van der Waals surface area contributed by atoms with Crippen molar-refractivity contribution in [3.8, 4) is 10.7 Å². The number of hydrogen-bond acceptors (Lipinski definition) is 6. The van der Waals surface area contributed by atoms with Gasteiger partial charge in [-0.05, 0) is 23.6 Å². The van der Waals surface area contributed by atoms with Crippen molar-refractivity contribution in [1.29, 1.82) is 0 Å². The van der Waals surface area contributed by atoms with E-state index in [0.29, 0.717) is 11.5 Å². The molecule has 0 aliphatic rings. The van der Waals surface area contributed by atoms with Gasteiger partial charge in [-0.15, -0.1) is 11.3 Å². The second-order valence-electron chi connectivity index (χ2n) is 5.59. The number of methoxy groups -OCH3 is 1. The number of thiophene rings is 1. The van der Waals surface area contributed by atoms with E-state index in [1.54, 1.807) is 26.4 Å². The quantitative estimate of drug-likeness (QED) is 0.720. The Kier molecular flexibility index (Phi) is 5.55. The lowest BCUT2D eigenvalue weighted by molar-refractivity contribution is 0.0593. The molecule has 0 fully saturated rings. The van der Waals surface area contributed by atoms with Crippen molar-refractivity contribution in [3.63, 3.8) is 0 Å². The molecule has 3 heterocycles. The molecule has 0 saturated carbocycles. The van der Waals surface area contributed by atoms with Gasteiger partial charge in [-0.2, -0.15) is 0 Å². The highest BCUT2D eigenvalue weighted by Gasteiger charge is 2.26. The van der Waals surface area contributed by atoms with Crippen LogP contribution in [0, 0.1) is 0 Å². The van der Waals surface area contributed by atoms with Gasteiger partial charge >= 0.3 is 0 Å². The van der Waals surface area contributed by atoms with Crippen molar-refractivity contribution >= 4 is 17.2 Å². The average Bonchev–Trinajstić information content (AvgIpc) is 3.20. The third-order valence-electron chi connectivity index (χ3n) is 3.93. The number of carbonyl (C=O) groups is 1. The number of amides is 1. The van der Waals surface area contributed by atoms with Gasteiger partial charge in [-0.3, -0.25) is 14.6 Å². The maximum absolute atomic E-state index is 12.8. The van der Waals surface area contributed by atoms with Gasteiger partial charge in [0.05, 0.1) is 23.2 Å². The average molecular weight is 370 g/mol. The molecule has 3 rings (SSSR count). The summed E-state index contributed by atoms with van der Waals surface area (Å²) in [7, 11) is 3.17. The summed E-state index contributed by atoms with van der Waals surface area (Å²) in [6.07, 6.45) is 2.97. The van der Waals surface area contributed by atoms with E-state index in [0.717, 1.165) is 4.88 Å². The Morgan fingerprint density at radius 1 is 1.31 bits per heavy atom. The molecule has 0 bridgehead atoms. The van der Waals surface area contributed by atoms with Crippen LogP contribution >= 0.6 is 11.3 Å². The molecule has 0 radical (unpaired) electrons. The first-order valence-electron chi connectivity index (χ1n) is 7.92. The molecule has 0 aliphatic carbocycles. The molecule has 134 valence electrons. The molecular formula is C18H18N4O3S. The number of aromatic nitrogens is 3. The normalized spacial score (nSPS) is 11.9. The lowest BCUT2D eigenvalue weighted by Crippen LogP contribution is -2.37. The van der Waals surface area contributed by atoms with E-state index >= 15 is 0 Å². The highest BCUT2D eigenvalue weighted by atomic mass is 32.1. The summed E-state index contributed by atoms with van der Waals surface area (Å²) in [6, 6.07) is 8.77. The van der Waals surface area contributed by atoms with Crippen LogP contribution in [-0.2, 0) is 4.74 Å². The molecule has 0 unspecified atom stereocenters. The van der Waals surface area contributed by atoms with Crippen LogP contribution in [-0.4, -0.2) is 46.5 Å². The number of H-pyrrole nitrogens is 1. The third-order valence-corrected chi connectivity index (χ3v) is 4.80. The van der Waals surface area contributed by atoms with E-state index in [1.165, 1.54) is 22.4 Å². The van der Waals surface area contributed by atoms with Gasteiger partial charge in [0.15, 0.2) is 0 Å². The van der Waals surface area contributed by atoms with Crippen molar-refractivity contribution < 1.29 is 9.53 Å². The summed E-state index contributed by atoms with van der Waals surface area (Å²) in [5.74, 6) is 0.00607. The van der Waals surface area contributed by atoms with Gasteiger partial charge in [0.2, 0.25) is 0 Å². The highest BCUT2D eigenvalue weighted by Crippen LogP contribution is 2.21. The number of nitrogens with one attached hydrogen (secondary N) is 1. The largest absolute Gasteiger partial charge is 0.382 e. The van der Waals surface area contributed by atoms with Gasteiger partial charge in [-0.25, -0.2) is 4.98 Å². The van der Waals surface area contributed by atoms with E-state index < -0.39 is 17.5 Å². The van der Waals surface area contributed by atoms with Crippen molar-refractivity contribution in [3.05, 3.63) is 69.7 Å². The monoisotopic (exact) mass is 370 g/mol. The molecule has 7 nitrogen and oxygen atoms in total. The van der Waals surface area contributed by atoms with Crippen LogP contribution in [0.1, 0.15) is 22.1 Å². The number of nitrogens with zero attached hydrogens (tertiary/aromatic N) is 3. The van der Waals surface area contributed by atoms with Crippen LogP contribution in [0.5, 0.6) is 0 Å². The van der Waals surface area contributed by atoms with Crippen LogP contribution < -0.4 is 5.56 Å². The minimum absolute atomic E-state index is 0.0233. The molecule has 1 atom stereocenters. The van der Waals surface area contributed by atoms with Gasteiger partial charge in [0.1, 0.15) is 11.4 Å². The standard InChI is InChI=1S/C18H18N4O3S/c1-22(14(11-25-2)13-6-3-4-8-19-13)18(24)12-10-20-16(21-17(12)23)15-7-5-9-26-15/h3-10,14H,11H2,1-2H3,(H,20,21,23)/t14-/m1/s1. The number of rotatable bonds is 6. The molecule has 0 spiro atoms. The molecule has 26 heavy (non-hydrogen) atoms. The van der Waals surface area contributed by atoms with Crippen LogP contribution in [0.15, 0.2) is 52.9 Å². The van der Waals surface area contributed by atoms with Crippen LogP contribution in [0.3, 0.4) is 0 Å². The van der Waals surface area contributed by atoms with Gasteiger partial charge in [0, 0.05) is 26.6 Å². The van der Waals surface area contributed by atoms with Crippen LogP contribution in [0.4, 0.5) is 0 Å². The number of likely N-dealkylation sites (N-methyl/N-ethyl adjacent to an activating group) is 1. The predicted octanol–water partition coefficient (Wildman–Crippen LogP) is 2.35. The molecule has 3 aromatic heterocycles. The van der Waals surface area contributed by atoms with E-state index in [1.807, 2.05) is 29.6 Å². The molecule has 3 aromatic rings. The Morgan fingerprint density at radius 2 is 2.15 bits per heavy atom. The fourth-order valence-corrected chi connectivity index (χ4v) is 3.22. The van der Waals surface area contributed by atoms with E-state index in [2.05, 4.69) is 15.0 Å². The molecule has 1 amide bonds. The molecule has 1 N–H and O–H groups in total. The van der Waals surface area contributed by atoms with E-state index in [4.69, 9.17) is 4.74 Å². The minimum Gasteiger partial charge on any atom is -0.382 e. The van der Waals surface area contributed by atoms with E-state index in [-0.39, 0.29) is 12.2 Å². The van der Waals surface area contributed by atoms with Crippen LogP contribution in [0.25, 0.3) is 10.7 Å². The third kappa shape index (κ3) is 3.71. The lowest BCUT2D eigenvalue weighted by Gasteiger charge is -2.27. The molecule has 0 aliphatic heterocycles. The fourth-order valence-electron chi connectivity index (χ4n) is 2.54. The fraction of sp³-hybridized carbons (Fsp3) is 0.222. The van der Waals surface area contributed by atoms with Crippen LogP contribution in [0.2, 0.25) is 0 Å². The first-order valence-corrected chi connectivity index (χ1v) is 8.80. The van der Waals surface area contributed by atoms with Crippen molar-refractivity contribution in [2.45, 2.75) is 6.04 Å². The summed E-state index contributed by atoms with van der Waals surface area (Å²) < 4.78 is 5.23. The number of carbonyl (C=O) groups excluding carboxylic acids is 1. The molecule has 8 heteroatoms. The zero-order chi connectivity index (χ0) is 18.5. The molecular weight excluding hydrogens is 352 g/mol. The van der Waals surface area contributed by atoms with E-state index in [9.17, 15) is 9.59 Å². The SMILES string of the molecule is COC[C@H](c1ccccn1)N(C)C(=O)c1cnc(-c2cccs2)[nH]c1=O. The lowest BCUT2D eigenvalue weighted by atomic mass is 10.1. The summed E-state index contributed by atoms with van der Waals surface area (Å²) in [6.45, 7) is 0.262. The number of hydrogen-bond donors (Lipinski definition) is 1.